The second kappa shape index (κ2) is 10.1. The maximum Gasteiger partial charge on any atom is 0.229 e. The van der Waals surface area contributed by atoms with Gasteiger partial charge in [-0.3, -0.25) is 9.71 Å². The van der Waals surface area contributed by atoms with Crippen molar-refractivity contribution in [1.29, 1.82) is 0 Å². The molecule has 0 aliphatic carbocycles. The summed E-state index contributed by atoms with van der Waals surface area (Å²) in [5, 5.41) is 4.11. The number of anilines is 2. The summed E-state index contributed by atoms with van der Waals surface area (Å²) < 4.78 is 28.3. The van der Waals surface area contributed by atoms with Crippen LogP contribution in [0.15, 0.2) is 66.9 Å². The molecule has 2 aromatic carbocycles. The Morgan fingerprint density at radius 2 is 1.62 bits per heavy atom. The highest BCUT2D eigenvalue weighted by molar-refractivity contribution is 7.92. The number of pyridine rings is 1. The summed E-state index contributed by atoms with van der Waals surface area (Å²) in [4.78, 5) is 6.79. The largest absolute Gasteiger partial charge is 0.351 e. The quantitative estimate of drug-likeness (QED) is 0.284. The molecule has 0 saturated carbocycles. The van der Waals surface area contributed by atoms with Crippen molar-refractivity contribution in [2.75, 3.05) is 15.9 Å². The third kappa shape index (κ3) is 5.16. The van der Waals surface area contributed by atoms with Crippen LogP contribution in [0.5, 0.6) is 0 Å². The number of nitrogens with zero attached hydrogens (tertiary/aromatic N) is 3. The molecule has 2 aromatic heterocycles. The van der Waals surface area contributed by atoms with Crippen LogP contribution in [0.3, 0.4) is 0 Å². The van der Waals surface area contributed by atoms with Gasteiger partial charge in [0.2, 0.25) is 10.0 Å². The van der Waals surface area contributed by atoms with Gasteiger partial charge in [-0.15, -0.1) is 0 Å². The Balaban J connectivity index is 1.66. The van der Waals surface area contributed by atoms with Crippen molar-refractivity contribution >= 4 is 38.7 Å². The van der Waals surface area contributed by atoms with Crippen molar-refractivity contribution in [2.24, 2.45) is 0 Å². The van der Waals surface area contributed by atoms with Crippen molar-refractivity contribution < 1.29 is 8.42 Å². The Hall–Kier alpha value is -3.69. The molecular weight excluding hydrogens is 526 g/mol. The molecule has 7 nitrogen and oxygen atoms in total. The lowest BCUT2D eigenvalue weighted by Gasteiger charge is -2.28. The molecule has 2 N–H and O–H groups in total. The smallest absolute Gasteiger partial charge is 0.229 e. The van der Waals surface area contributed by atoms with Gasteiger partial charge in [0.05, 0.1) is 29.7 Å². The van der Waals surface area contributed by atoms with Crippen molar-refractivity contribution in [1.82, 2.24) is 14.9 Å². The number of hydrogen-bond acceptors (Lipinski definition) is 4. The summed E-state index contributed by atoms with van der Waals surface area (Å²) in [6.07, 6.45) is 2.94. The van der Waals surface area contributed by atoms with E-state index in [1.807, 2.05) is 30.3 Å². The molecule has 2 unspecified atom stereocenters. The van der Waals surface area contributed by atoms with Crippen LogP contribution in [0, 0.1) is 34.6 Å². The maximum atomic E-state index is 11.7. The van der Waals surface area contributed by atoms with Gasteiger partial charge < -0.3 is 14.8 Å². The van der Waals surface area contributed by atoms with Crippen LogP contribution in [0.4, 0.5) is 11.4 Å². The fourth-order valence-corrected chi connectivity index (χ4v) is 6.72. The van der Waals surface area contributed by atoms with Gasteiger partial charge in [-0.1, -0.05) is 23.8 Å². The van der Waals surface area contributed by atoms with Gasteiger partial charge >= 0.3 is 0 Å². The van der Waals surface area contributed by atoms with E-state index in [1.165, 1.54) is 22.4 Å². The summed E-state index contributed by atoms with van der Waals surface area (Å²) in [7, 11) is -3.38. The van der Waals surface area contributed by atoms with E-state index in [2.05, 4.69) is 77.3 Å². The molecule has 1 aliphatic rings. The molecule has 202 valence electrons. The lowest BCUT2D eigenvalue weighted by Crippen LogP contribution is -2.29. The molecule has 4 aromatic rings. The molecular formula is C30H33N5O2S2. The van der Waals surface area contributed by atoms with Crippen LogP contribution in [0.1, 0.15) is 51.4 Å². The number of thiocarbonyl (C=S) groups is 1. The summed E-state index contributed by atoms with van der Waals surface area (Å²) in [6, 6.07) is 19.6. The molecule has 0 radical (unpaired) electrons. The van der Waals surface area contributed by atoms with Gasteiger partial charge in [0, 0.05) is 29.0 Å². The molecule has 0 bridgehead atoms. The van der Waals surface area contributed by atoms with Crippen LogP contribution in [-0.4, -0.2) is 29.3 Å². The normalized spacial score (nSPS) is 17.4. The fraction of sp³-hybridized carbons (Fsp3) is 0.267. The SMILES string of the molecule is Cc1cc(C)c(-n2c(C)cc(C3C(c4ccccn4)NC(=S)N3c3ccc(NS(C)(=O)=O)cc3)c2C)c(C)c1. The van der Waals surface area contributed by atoms with E-state index in [1.54, 1.807) is 18.3 Å². The number of hydrogen-bond donors (Lipinski definition) is 2. The molecule has 1 saturated heterocycles. The average molecular weight is 560 g/mol. The minimum Gasteiger partial charge on any atom is -0.351 e. The first kappa shape index (κ1) is 26.9. The third-order valence-electron chi connectivity index (χ3n) is 7.19. The van der Waals surface area contributed by atoms with E-state index in [9.17, 15) is 8.42 Å². The van der Waals surface area contributed by atoms with Gasteiger partial charge in [0.1, 0.15) is 0 Å². The monoisotopic (exact) mass is 559 g/mol. The predicted molar refractivity (Wildman–Crippen MR) is 162 cm³/mol. The number of aryl methyl sites for hydroxylation is 4. The second-order valence-electron chi connectivity index (χ2n) is 10.3. The molecule has 39 heavy (non-hydrogen) atoms. The molecule has 0 amide bonds. The van der Waals surface area contributed by atoms with Gasteiger partial charge in [0.25, 0.3) is 0 Å². The van der Waals surface area contributed by atoms with Gasteiger partial charge in [-0.05, 0) is 106 Å². The Bertz CT molecular complexity index is 1640. The third-order valence-corrected chi connectivity index (χ3v) is 8.12. The predicted octanol–water partition coefficient (Wildman–Crippen LogP) is 5.96. The maximum absolute atomic E-state index is 11.7. The molecule has 9 heteroatoms. The lowest BCUT2D eigenvalue weighted by molar-refractivity contribution is 0.565. The van der Waals surface area contributed by atoms with E-state index in [4.69, 9.17) is 12.2 Å². The van der Waals surface area contributed by atoms with E-state index in [-0.39, 0.29) is 12.1 Å². The highest BCUT2D eigenvalue weighted by Crippen LogP contribution is 2.44. The number of benzene rings is 2. The molecule has 1 fully saturated rings. The van der Waals surface area contributed by atoms with E-state index < -0.39 is 10.0 Å². The average Bonchev–Trinajstić information content (AvgIpc) is 3.34. The van der Waals surface area contributed by atoms with Gasteiger partial charge in [-0.2, -0.15) is 0 Å². The number of rotatable bonds is 6. The molecule has 3 heterocycles. The number of nitrogens with one attached hydrogen (secondary N) is 2. The second-order valence-corrected chi connectivity index (χ2v) is 12.5. The Morgan fingerprint density at radius 1 is 0.949 bits per heavy atom. The number of sulfonamides is 1. The minimum atomic E-state index is -3.38. The van der Waals surface area contributed by atoms with Crippen molar-refractivity contribution in [3.05, 3.63) is 106 Å². The minimum absolute atomic E-state index is 0.174. The molecule has 0 spiro atoms. The zero-order valence-corrected chi connectivity index (χ0v) is 24.6. The topological polar surface area (TPSA) is 79.3 Å². The summed E-state index contributed by atoms with van der Waals surface area (Å²) in [6.45, 7) is 10.8. The summed E-state index contributed by atoms with van der Waals surface area (Å²) in [5.41, 5.74) is 10.6. The molecule has 1 aliphatic heterocycles. The van der Waals surface area contributed by atoms with Gasteiger partial charge in [-0.25, -0.2) is 8.42 Å². The summed E-state index contributed by atoms with van der Waals surface area (Å²) >= 11 is 5.90. The lowest BCUT2D eigenvalue weighted by atomic mass is 9.96. The van der Waals surface area contributed by atoms with E-state index in [0.717, 1.165) is 34.6 Å². The zero-order chi connectivity index (χ0) is 28.1. The first-order chi connectivity index (χ1) is 18.4. The van der Waals surface area contributed by atoms with Crippen molar-refractivity contribution in [2.45, 2.75) is 46.7 Å². The molecule has 5 rings (SSSR count). The first-order valence-electron chi connectivity index (χ1n) is 12.8. The highest BCUT2D eigenvalue weighted by Gasteiger charge is 2.42. The van der Waals surface area contributed by atoms with Crippen LogP contribution in [-0.2, 0) is 10.0 Å². The Labute approximate surface area is 235 Å². The standard InChI is InChI=1S/C30H33N5O2S2/c1-18-15-19(2)28(20(3)16-18)34-21(4)17-25(22(34)5)29-27(26-9-7-8-14-31-26)32-30(38)35(29)24-12-10-23(11-13-24)33-39(6,36)37/h7-17,27,29,33H,1-6H3,(H,32,38). The molecule has 2 atom stereocenters. The fourth-order valence-electron chi connectivity index (χ4n) is 5.81. The highest BCUT2D eigenvalue weighted by atomic mass is 32.2. The van der Waals surface area contributed by atoms with Crippen LogP contribution >= 0.6 is 12.2 Å². The zero-order valence-electron chi connectivity index (χ0n) is 23.0. The van der Waals surface area contributed by atoms with E-state index >= 15 is 0 Å². The van der Waals surface area contributed by atoms with Crippen molar-refractivity contribution in [3.63, 3.8) is 0 Å². The Kier molecular flexibility index (Phi) is 6.99. The number of aromatic nitrogens is 2. The van der Waals surface area contributed by atoms with Crippen LogP contribution in [0.25, 0.3) is 5.69 Å². The van der Waals surface area contributed by atoms with Crippen LogP contribution in [0.2, 0.25) is 0 Å². The van der Waals surface area contributed by atoms with Crippen molar-refractivity contribution in [3.8, 4) is 5.69 Å². The summed E-state index contributed by atoms with van der Waals surface area (Å²) in [5.74, 6) is 0. The van der Waals surface area contributed by atoms with E-state index in [0.29, 0.717) is 10.8 Å². The Morgan fingerprint density at radius 3 is 2.21 bits per heavy atom. The first-order valence-corrected chi connectivity index (χ1v) is 15.1. The van der Waals surface area contributed by atoms with Crippen LogP contribution < -0.4 is 14.9 Å². The van der Waals surface area contributed by atoms with Gasteiger partial charge in [0.15, 0.2) is 5.11 Å².